The highest BCUT2D eigenvalue weighted by Gasteiger charge is 2.37. The van der Waals surface area contributed by atoms with Gasteiger partial charge >= 0.3 is 6.61 Å². The number of aliphatic hydroxyl groups is 3. The van der Waals surface area contributed by atoms with Gasteiger partial charge in [0.2, 0.25) is 0 Å². The second-order valence-corrected chi connectivity index (χ2v) is 5.82. The van der Waals surface area contributed by atoms with Crippen LogP contribution in [0.3, 0.4) is 0 Å². The lowest BCUT2D eigenvalue weighted by Crippen LogP contribution is -2.54. The zero-order valence-corrected chi connectivity index (χ0v) is 13.8. The van der Waals surface area contributed by atoms with Gasteiger partial charge in [-0.25, -0.2) is 0 Å². The van der Waals surface area contributed by atoms with Crippen LogP contribution in [-0.4, -0.2) is 66.5 Å². The molecule has 4 N–H and O–H groups in total. The number of methoxy groups -OCH3 is 1. The van der Waals surface area contributed by atoms with Crippen LogP contribution in [0.5, 0.6) is 5.75 Å². The Morgan fingerprint density at radius 2 is 1.80 bits per heavy atom. The third kappa shape index (κ3) is 5.45. The number of hydrogen-bond acceptors (Lipinski definition) is 6. The van der Waals surface area contributed by atoms with Gasteiger partial charge in [-0.3, -0.25) is 0 Å². The van der Waals surface area contributed by atoms with E-state index in [-0.39, 0.29) is 5.57 Å². The Hall–Kier alpha value is -1.58. The molecule has 0 radical (unpaired) electrons. The van der Waals surface area contributed by atoms with E-state index in [1.807, 2.05) is 24.3 Å². The van der Waals surface area contributed by atoms with Crippen LogP contribution in [0.15, 0.2) is 35.9 Å². The molecule has 140 valence electrons. The number of benzene rings is 1. The summed E-state index contributed by atoms with van der Waals surface area (Å²) in [5, 5.41) is 32.8. The van der Waals surface area contributed by atoms with Crippen molar-refractivity contribution in [2.75, 3.05) is 20.3 Å². The Balaban J connectivity index is 1.93. The van der Waals surface area contributed by atoms with Crippen molar-refractivity contribution in [2.45, 2.75) is 37.4 Å². The summed E-state index contributed by atoms with van der Waals surface area (Å²) in [5.74, 6) is 0.753. The normalized spacial score (nSPS) is 26.6. The van der Waals surface area contributed by atoms with E-state index in [1.165, 1.54) is 6.08 Å². The molecule has 0 aliphatic heterocycles. The molecule has 1 aromatic rings. The maximum Gasteiger partial charge on any atom is 0.345 e. The lowest BCUT2D eigenvalue weighted by Gasteiger charge is -2.35. The Morgan fingerprint density at radius 3 is 2.40 bits per heavy atom. The Labute approximate surface area is 144 Å². The monoisotopic (exact) mass is 359 g/mol. The first kappa shape index (κ1) is 19.7. The second kappa shape index (κ2) is 9.21. The number of aliphatic hydroxyl groups excluding tert-OH is 3. The first-order valence-corrected chi connectivity index (χ1v) is 7.93. The van der Waals surface area contributed by atoms with Crippen molar-refractivity contribution in [1.29, 1.82) is 0 Å². The first-order chi connectivity index (χ1) is 11.9. The van der Waals surface area contributed by atoms with Crippen LogP contribution in [0.1, 0.15) is 5.56 Å². The topological polar surface area (TPSA) is 91.2 Å². The van der Waals surface area contributed by atoms with Crippen LogP contribution in [0, 0.1) is 0 Å². The molecule has 0 amide bonds. The van der Waals surface area contributed by atoms with Gasteiger partial charge in [0.1, 0.15) is 24.1 Å². The average molecular weight is 359 g/mol. The minimum Gasteiger partial charge on any atom is -0.497 e. The molecule has 1 aromatic carbocycles. The van der Waals surface area contributed by atoms with Gasteiger partial charge in [0, 0.05) is 0 Å². The highest BCUT2D eigenvalue weighted by Crippen LogP contribution is 2.21. The van der Waals surface area contributed by atoms with E-state index in [1.54, 1.807) is 7.11 Å². The van der Waals surface area contributed by atoms with E-state index in [9.17, 15) is 24.1 Å². The molecule has 1 aliphatic rings. The number of hydrogen-bond donors (Lipinski definition) is 4. The zero-order chi connectivity index (χ0) is 18.4. The average Bonchev–Trinajstić information content (AvgIpc) is 2.61. The standard InChI is InChI=1S/C17H23F2NO5/c1-24-12-4-2-10(3-5-12)6-7-20-13-8-11(9-25-17(18)19)14(21)16(23)15(13)22/h2-5,8,13-17,20-23H,6-7,9H2,1H3/t13-,14+,15+,16+/m1/s1. The molecular weight excluding hydrogens is 336 g/mol. The van der Waals surface area contributed by atoms with Crippen molar-refractivity contribution in [1.82, 2.24) is 5.32 Å². The third-order valence-electron chi connectivity index (χ3n) is 4.14. The molecule has 0 unspecified atom stereocenters. The van der Waals surface area contributed by atoms with E-state index < -0.39 is 37.6 Å². The number of nitrogens with one attached hydrogen (secondary N) is 1. The van der Waals surface area contributed by atoms with Crippen molar-refractivity contribution in [3.05, 3.63) is 41.5 Å². The van der Waals surface area contributed by atoms with Gasteiger partial charge in [-0.2, -0.15) is 8.78 Å². The van der Waals surface area contributed by atoms with Crippen LogP contribution < -0.4 is 10.1 Å². The number of rotatable bonds is 8. The first-order valence-electron chi connectivity index (χ1n) is 7.93. The highest BCUT2D eigenvalue weighted by molar-refractivity contribution is 5.27. The summed E-state index contributed by atoms with van der Waals surface area (Å²) < 4.78 is 33.6. The molecule has 0 saturated carbocycles. The van der Waals surface area contributed by atoms with Crippen molar-refractivity contribution in [3.63, 3.8) is 0 Å². The van der Waals surface area contributed by atoms with Crippen LogP contribution in [0.2, 0.25) is 0 Å². The molecule has 6 nitrogen and oxygen atoms in total. The summed E-state index contributed by atoms with van der Waals surface area (Å²) in [6.07, 6.45) is -2.07. The molecule has 0 bridgehead atoms. The molecule has 25 heavy (non-hydrogen) atoms. The fourth-order valence-corrected chi connectivity index (χ4v) is 2.69. The molecule has 0 aromatic heterocycles. The predicted octanol–water partition coefficient (Wildman–Crippen LogP) is 0.458. The summed E-state index contributed by atoms with van der Waals surface area (Å²) in [4.78, 5) is 0. The molecule has 0 heterocycles. The molecule has 0 saturated heterocycles. The summed E-state index contributed by atoms with van der Waals surface area (Å²) in [6.45, 7) is -3.01. The fraction of sp³-hybridized carbons (Fsp3) is 0.529. The summed E-state index contributed by atoms with van der Waals surface area (Å²) in [6, 6.07) is 6.82. The maximum atomic E-state index is 12.2. The molecule has 8 heteroatoms. The van der Waals surface area contributed by atoms with Gasteiger partial charge in [-0.15, -0.1) is 0 Å². The maximum absolute atomic E-state index is 12.2. The number of halogens is 2. The Morgan fingerprint density at radius 1 is 1.12 bits per heavy atom. The largest absolute Gasteiger partial charge is 0.497 e. The predicted molar refractivity (Wildman–Crippen MR) is 86.5 cm³/mol. The van der Waals surface area contributed by atoms with E-state index in [0.717, 1.165) is 11.3 Å². The summed E-state index contributed by atoms with van der Waals surface area (Å²) in [7, 11) is 1.59. The van der Waals surface area contributed by atoms with Crippen molar-refractivity contribution >= 4 is 0 Å². The van der Waals surface area contributed by atoms with Gasteiger partial charge < -0.3 is 30.1 Å². The third-order valence-corrected chi connectivity index (χ3v) is 4.14. The van der Waals surface area contributed by atoms with Crippen LogP contribution in [-0.2, 0) is 11.2 Å². The van der Waals surface area contributed by atoms with Crippen LogP contribution >= 0.6 is 0 Å². The molecular formula is C17H23F2NO5. The van der Waals surface area contributed by atoms with E-state index in [4.69, 9.17) is 4.74 Å². The van der Waals surface area contributed by atoms with Gasteiger partial charge in [0.25, 0.3) is 0 Å². The summed E-state index contributed by atoms with van der Waals surface area (Å²) >= 11 is 0. The van der Waals surface area contributed by atoms with Crippen molar-refractivity contribution in [2.24, 2.45) is 0 Å². The highest BCUT2D eigenvalue weighted by atomic mass is 19.3. The molecule has 0 spiro atoms. The van der Waals surface area contributed by atoms with E-state index in [2.05, 4.69) is 10.1 Å². The van der Waals surface area contributed by atoms with Crippen LogP contribution in [0.25, 0.3) is 0 Å². The van der Waals surface area contributed by atoms with Gasteiger partial charge in [-0.05, 0) is 36.2 Å². The molecule has 1 aliphatic carbocycles. The number of alkyl halides is 2. The molecule has 0 fully saturated rings. The minimum absolute atomic E-state index is 0.111. The molecule has 4 atom stereocenters. The fourth-order valence-electron chi connectivity index (χ4n) is 2.69. The second-order valence-electron chi connectivity index (χ2n) is 5.82. The van der Waals surface area contributed by atoms with Gasteiger partial charge in [0.05, 0.1) is 19.8 Å². The lowest BCUT2D eigenvalue weighted by atomic mass is 9.88. The van der Waals surface area contributed by atoms with Crippen LogP contribution in [0.4, 0.5) is 8.78 Å². The zero-order valence-electron chi connectivity index (χ0n) is 13.8. The Kier molecular flexibility index (Phi) is 7.27. The SMILES string of the molecule is COc1ccc(CCN[C@@H]2C=C(COC(F)F)[C@H](O)[C@H](O)[C@H]2O)cc1. The van der Waals surface area contributed by atoms with Gasteiger partial charge in [0.15, 0.2) is 0 Å². The Bertz CT molecular complexity index is 567. The minimum atomic E-state index is -2.97. The smallest absolute Gasteiger partial charge is 0.345 e. The van der Waals surface area contributed by atoms with Gasteiger partial charge in [-0.1, -0.05) is 18.2 Å². The van der Waals surface area contributed by atoms with Crippen molar-refractivity contribution in [3.8, 4) is 5.75 Å². The summed E-state index contributed by atoms with van der Waals surface area (Å²) in [5.41, 5.74) is 1.16. The lowest BCUT2D eigenvalue weighted by molar-refractivity contribution is -0.129. The molecule has 2 rings (SSSR count). The van der Waals surface area contributed by atoms with E-state index >= 15 is 0 Å². The number of ether oxygens (including phenoxy) is 2. The van der Waals surface area contributed by atoms with E-state index in [0.29, 0.717) is 13.0 Å². The van der Waals surface area contributed by atoms with Crippen molar-refractivity contribution < 1.29 is 33.6 Å². The quantitative estimate of drug-likeness (QED) is 0.504.